The van der Waals surface area contributed by atoms with Gasteiger partial charge in [-0.1, -0.05) is 6.07 Å². The molecule has 1 aliphatic rings. The van der Waals surface area contributed by atoms with Crippen LogP contribution in [-0.2, 0) is 16.0 Å². The second-order valence-electron chi connectivity index (χ2n) is 5.44. The van der Waals surface area contributed by atoms with Gasteiger partial charge < -0.3 is 10.6 Å². The number of likely N-dealkylation sites (tertiary alicyclic amines) is 1. The number of nitrogens with zero attached hydrogens (tertiary/aromatic N) is 2. The van der Waals surface area contributed by atoms with Crippen molar-refractivity contribution >= 4 is 11.8 Å². The highest BCUT2D eigenvalue weighted by Gasteiger charge is 2.52. The molecule has 2 amide bonds. The van der Waals surface area contributed by atoms with Gasteiger partial charge in [-0.2, -0.15) is 13.2 Å². The van der Waals surface area contributed by atoms with Crippen LogP contribution in [0.2, 0.25) is 0 Å². The predicted octanol–water partition coefficient (Wildman–Crippen LogP) is 1.05. The zero-order valence-corrected chi connectivity index (χ0v) is 11.9. The first-order valence-corrected chi connectivity index (χ1v) is 6.74. The normalized spacial score (nSPS) is 21.9. The Balaban J connectivity index is 2.08. The summed E-state index contributed by atoms with van der Waals surface area (Å²) in [6.45, 7) is 0.963. The van der Waals surface area contributed by atoms with E-state index >= 15 is 0 Å². The third-order valence-electron chi connectivity index (χ3n) is 3.79. The Bertz CT molecular complexity index is 572. The molecule has 2 N–H and O–H groups in total. The molecule has 0 unspecified atom stereocenters. The molecule has 1 aromatic heterocycles. The van der Waals surface area contributed by atoms with Crippen LogP contribution < -0.4 is 5.73 Å². The number of alkyl halides is 3. The van der Waals surface area contributed by atoms with Crippen LogP contribution in [0.15, 0.2) is 18.3 Å². The first-order valence-electron chi connectivity index (χ1n) is 6.74. The Hall–Kier alpha value is -2.12. The van der Waals surface area contributed by atoms with Crippen molar-refractivity contribution in [3.8, 4) is 0 Å². The zero-order chi connectivity index (χ0) is 16.5. The highest BCUT2D eigenvalue weighted by atomic mass is 19.4. The Kier molecular flexibility index (Phi) is 4.39. The topological polar surface area (TPSA) is 76.3 Å². The molecule has 2 heterocycles. The van der Waals surface area contributed by atoms with Crippen molar-refractivity contribution in [1.29, 1.82) is 0 Å². The molecule has 22 heavy (non-hydrogen) atoms. The highest BCUT2D eigenvalue weighted by molar-refractivity contribution is 5.82. The van der Waals surface area contributed by atoms with Crippen molar-refractivity contribution in [2.75, 3.05) is 13.1 Å². The van der Waals surface area contributed by atoms with E-state index in [0.29, 0.717) is 5.56 Å². The molecule has 1 saturated heterocycles. The van der Waals surface area contributed by atoms with Gasteiger partial charge in [0.1, 0.15) is 0 Å². The lowest BCUT2D eigenvalue weighted by atomic mass is 9.95. The Morgan fingerprint density at radius 3 is 2.50 bits per heavy atom. The van der Waals surface area contributed by atoms with Crippen LogP contribution in [0.25, 0.3) is 0 Å². The molecule has 0 saturated carbocycles. The number of aryl methyl sites for hydroxylation is 1. The number of rotatable bonds is 3. The van der Waals surface area contributed by atoms with Crippen LogP contribution in [0.1, 0.15) is 11.3 Å². The molecule has 1 aliphatic heterocycles. The van der Waals surface area contributed by atoms with Gasteiger partial charge in [0.2, 0.25) is 11.8 Å². The number of pyridine rings is 1. The van der Waals surface area contributed by atoms with E-state index < -0.39 is 36.4 Å². The Morgan fingerprint density at radius 2 is 2.05 bits per heavy atom. The van der Waals surface area contributed by atoms with Crippen LogP contribution in [0.5, 0.6) is 0 Å². The van der Waals surface area contributed by atoms with Gasteiger partial charge in [0.15, 0.2) is 0 Å². The summed E-state index contributed by atoms with van der Waals surface area (Å²) in [5, 5.41) is 0. The van der Waals surface area contributed by atoms with E-state index in [2.05, 4.69) is 4.98 Å². The number of hydrogen-bond donors (Lipinski definition) is 1. The summed E-state index contributed by atoms with van der Waals surface area (Å²) in [7, 11) is 0. The van der Waals surface area contributed by atoms with E-state index in [1.165, 1.54) is 6.20 Å². The summed E-state index contributed by atoms with van der Waals surface area (Å²) in [4.78, 5) is 28.4. The third kappa shape index (κ3) is 3.55. The standard InChI is InChI=1S/C14H16F3N3O2/c1-8-2-3-9(5-19-8)4-12(21)20-6-10(13(18)22)11(7-20)14(15,16)17/h2-3,5,10-11H,4,6-7H2,1H3,(H2,18,22)/t10-,11-/m1/s1. The average Bonchev–Trinajstić information content (AvgIpc) is 2.86. The fourth-order valence-corrected chi connectivity index (χ4v) is 2.52. The quantitative estimate of drug-likeness (QED) is 0.906. The number of hydrogen-bond acceptors (Lipinski definition) is 3. The van der Waals surface area contributed by atoms with Gasteiger partial charge in [-0.3, -0.25) is 14.6 Å². The van der Waals surface area contributed by atoms with Crippen molar-refractivity contribution in [2.45, 2.75) is 19.5 Å². The van der Waals surface area contributed by atoms with E-state index in [-0.39, 0.29) is 13.0 Å². The maximum absolute atomic E-state index is 12.9. The predicted molar refractivity (Wildman–Crippen MR) is 71.5 cm³/mol. The first-order chi connectivity index (χ1) is 10.2. The molecular weight excluding hydrogens is 299 g/mol. The molecule has 120 valence electrons. The maximum atomic E-state index is 12.9. The summed E-state index contributed by atoms with van der Waals surface area (Å²) >= 11 is 0. The van der Waals surface area contributed by atoms with Crippen LogP contribution >= 0.6 is 0 Å². The van der Waals surface area contributed by atoms with E-state index in [9.17, 15) is 22.8 Å². The molecule has 0 radical (unpaired) electrons. The molecule has 2 atom stereocenters. The van der Waals surface area contributed by atoms with Crippen molar-refractivity contribution in [3.63, 3.8) is 0 Å². The monoisotopic (exact) mass is 315 g/mol. The van der Waals surface area contributed by atoms with Crippen molar-refractivity contribution in [2.24, 2.45) is 17.6 Å². The van der Waals surface area contributed by atoms with E-state index in [4.69, 9.17) is 5.73 Å². The number of aromatic nitrogens is 1. The molecule has 1 aromatic rings. The molecular formula is C14H16F3N3O2. The lowest BCUT2D eigenvalue weighted by molar-refractivity contribution is -0.182. The summed E-state index contributed by atoms with van der Waals surface area (Å²) < 4.78 is 38.8. The molecule has 8 heteroatoms. The lowest BCUT2D eigenvalue weighted by Crippen LogP contribution is -2.37. The molecule has 1 fully saturated rings. The molecule has 5 nitrogen and oxygen atoms in total. The fourth-order valence-electron chi connectivity index (χ4n) is 2.52. The van der Waals surface area contributed by atoms with E-state index in [0.717, 1.165) is 10.6 Å². The van der Waals surface area contributed by atoms with Crippen molar-refractivity contribution < 1.29 is 22.8 Å². The number of primary amides is 1. The van der Waals surface area contributed by atoms with Gasteiger partial charge in [-0.05, 0) is 18.6 Å². The van der Waals surface area contributed by atoms with Gasteiger partial charge in [-0.15, -0.1) is 0 Å². The van der Waals surface area contributed by atoms with Gasteiger partial charge in [-0.25, -0.2) is 0 Å². The molecule has 0 aliphatic carbocycles. The summed E-state index contributed by atoms with van der Waals surface area (Å²) in [5.41, 5.74) is 6.42. The highest BCUT2D eigenvalue weighted by Crippen LogP contribution is 2.37. The zero-order valence-electron chi connectivity index (χ0n) is 11.9. The van der Waals surface area contributed by atoms with Crippen LogP contribution in [0.3, 0.4) is 0 Å². The second-order valence-corrected chi connectivity index (χ2v) is 5.44. The molecule has 0 aromatic carbocycles. The van der Waals surface area contributed by atoms with Gasteiger partial charge in [0, 0.05) is 25.0 Å². The first kappa shape index (κ1) is 16.3. The van der Waals surface area contributed by atoms with Crippen LogP contribution in [0.4, 0.5) is 13.2 Å². The molecule has 0 spiro atoms. The third-order valence-corrected chi connectivity index (χ3v) is 3.79. The fraction of sp³-hybridized carbons (Fsp3) is 0.500. The summed E-state index contributed by atoms with van der Waals surface area (Å²) in [6.07, 6.45) is -3.10. The number of halogens is 3. The van der Waals surface area contributed by atoms with Crippen molar-refractivity contribution in [1.82, 2.24) is 9.88 Å². The smallest absolute Gasteiger partial charge is 0.369 e. The Labute approximate surface area is 125 Å². The lowest BCUT2D eigenvalue weighted by Gasteiger charge is -2.18. The van der Waals surface area contributed by atoms with Gasteiger partial charge in [0.05, 0.1) is 18.3 Å². The maximum Gasteiger partial charge on any atom is 0.394 e. The second kappa shape index (κ2) is 5.94. The van der Waals surface area contributed by atoms with Crippen molar-refractivity contribution in [3.05, 3.63) is 29.6 Å². The van der Waals surface area contributed by atoms with Crippen LogP contribution in [0, 0.1) is 18.8 Å². The van der Waals surface area contributed by atoms with E-state index in [1.54, 1.807) is 19.1 Å². The van der Waals surface area contributed by atoms with E-state index in [1.807, 2.05) is 0 Å². The number of nitrogens with two attached hydrogens (primary N) is 1. The largest absolute Gasteiger partial charge is 0.394 e. The number of carbonyl (C=O) groups excluding carboxylic acids is 2. The summed E-state index contributed by atoms with van der Waals surface area (Å²) in [6, 6.07) is 3.42. The minimum atomic E-state index is -4.56. The number of carbonyl (C=O) groups is 2. The minimum Gasteiger partial charge on any atom is -0.369 e. The Morgan fingerprint density at radius 1 is 1.36 bits per heavy atom. The van der Waals surface area contributed by atoms with Crippen LogP contribution in [-0.4, -0.2) is 41.0 Å². The van der Waals surface area contributed by atoms with Gasteiger partial charge >= 0.3 is 6.18 Å². The molecule has 2 rings (SSSR count). The van der Waals surface area contributed by atoms with Gasteiger partial charge in [0.25, 0.3) is 0 Å². The average molecular weight is 315 g/mol. The number of amides is 2. The molecule has 0 bridgehead atoms. The minimum absolute atomic E-state index is 0.0522. The summed E-state index contributed by atoms with van der Waals surface area (Å²) in [5.74, 6) is -4.79. The SMILES string of the molecule is Cc1ccc(CC(=O)N2C[C@@H](C(F)(F)F)[C@H](C(N)=O)C2)cn1.